The van der Waals surface area contributed by atoms with Crippen LogP contribution in [-0.4, -0.2) is 40.0 Å². The third-order valence-electron chi connectivity index (χ3n) is 1.40. The van der Waals surface area contributed by atoms with Crippen molar-refractivity contribution < 1.29 is 24.4 Å². The fourth-order valence-electron chi connectivity index (χ4n) is 0.722. The lowest BCUT2D eigenvalue weighted by Gasteiger charge is -2.19. The molecule has 3 N–H and O–H groups in total. The van der Waals surface area contributed by atoms with Crippen molar-refractivity contribution >= 4 is 0 Å². The Morgan fingerprint density at radius 2 is 2.30 bits per heavy atom. The van der Waals surface area contributed by atoms with E-state index in [1.807, 2.05) is 0 Å². The van der Waals surface area contributed by atoms with E-state index in [0.29, 0.717) is 0 Å². The average Bonchev–Trinajstić information content (AvgIpc) is 2.10. The molecule has 0 amide bonds. The van der Waals surface area contributed by atoms with Crippen molar-refractivity contribution in [1.29, 1.82) is 0 Å². The smallest absolute Gasteiger partial charge is 0.264 e. The Morgan fingerprint density at radius 1 is 1.70 bits per heavy atom. The summed E-state index contributed by atoms with van der Waals surface area (Å²) in [6, 6.07) is 0. The summed E-state index contributed by atoms with van der Waals surface area (Å²) < 4.78 is 17.0. The highest BCUT2D eigenvalue weighted by molar-refractivity contribution is 4.95. The van der Waals surface area contributed by atoms with Gasteiger partial charge < -0.3 is 20.1 Å². The first-order valence-corrected chi connectivity index (χ1v) is 2.78. The van der Waals surface area contributed by atoms with Crippen LogP contribution in [-0.2, 0) is 4.74 Å². The van der Waals surface area contributed by atoms with Gasteiger partial charge >= 0.3 is 0 Å². The van der Waals surface area contributed by atoms with Crippen LogP contribution in [0.15, 0.2) is 0 Å². The molecule has 59 valence electrons. The molecule has 1 aliphatic rings. The van der Waals surface area contributed by atoms with Gasteiger partial charge in [0.15, 0.2) is 0 Å². The van der Waals surface area contributed by atoms with E-state index in [1.54, 1.807) is 0 Å². The van der Waals surface area contributed by atoms with E-state index < -0.39 is 24.7 Å². The van der Waals surface area contributed by atoms with Gasteiger partial charge in [-0.1, -0.05) is 0 Å². The Kier molecular flexibility index (Phi) is 1.91. The molecule has 0 aliphatic carbocycles. The van der Waals surface area contributed by atoms with E-state index in [9.17, 15) is 4.39 Å². The minimum atomic E-state index is -2.85. The maximum Gasteiger partial charge on any atom is 0.264 e. The highest BCUT2D eigenvalue weighted by atomic mass is 19.2. The normalized spacial score (nSPS) is 48.0. The van der Waals surface area contributed by atoms with Crippen molar-refractivity contribution in [3.05, 3.63) is 6.61 Å². The van der Waals surface area contributed by atoms with Gasteiger partial charge in [0.1, 0.15) is 18.8 Å². The molecule has 1 aliphatic heterocycles. The molecule has 0 spiro atoms. The lowest BCUT2D eigenvalue weighted by atomic mass is 10.1. The lowest BCUT2D eigenvalue weighted by molar-refractivity contribution is -0.181. The van der Waals surface area contributed by atoms with Crippen LogP contribution >= 0.6 is 0 Å². The van der Waals surface area contributed by atoms with Gasteiger partial charge in [0.2, 0.25) is 0 Å². The Bertz CT molecular complexity index is 127. The van der Waals surface area contributed by atoms with Gasteiger partial charge in [0.25, 0.3) is 5.85 Å². The molecular weight excluding hydrogens is 143 g/mol. The molecule has 0 aromatic carbocycles. The Balaban J connectivity index is 2.64. The molecule has 1 rings (SSSR count). The first-order chi connectivity index (χ1) is 4.59. The zero-order valence-electron chi connectivity index (χ0n) is 5.07. The van der Waals surface area contributed by atoms with E-state index >= 15 is 0 Å². The van der Waals surface area contributed by atoms with Gasteiger partial charge in [-0.25, -0.2) is 4.39 Å². The number of aliphatic hydroxyl groups excluding tert-OH is 2. The lowest BCUT2D eigenvalue weighted by Crippen LogP contribution is -2.43. The maximum atomic E-state index is 12.7. The second-order valence-corrected chi connectivity index (χ2v) is 2.12. The first-order valence-electron chi connectivity index (χ1n) is 2.78. The summed E-state index contributed by atoms with van der Waals surface area (Å²) in [7, 11) is 0. The number of ether oxygens (including phenoxy) is 1. The monoisotopic (exact) mass is 151 g/mol. The zero-order chi connectivity index (χ0) is 7.78. The van der Waals surface area contributed by atoms with Crippen LogP contribution in [0.4, 0.5) is 4.39 Å². The summed E-state index contributed by atoms with van der Waals surface area (Å²) in [5.41, 5.74) is 0. The fraction of sp³-hybridized carbons (Fsp3) is 0.800. The summed E-state index contributed by atoms with van der Waals surface area (Å²) in [5, 5.41) is 25.7. The summed E-state index contributed by atoms with van der Waals surface area (Å²) >= 11 is 0. The van der Waals surface area contributed by atoms with Gasteiger partial charge in [-0.05, 0) is 0 Å². The molecule has 5 heteroatoms. The number of hydrogen-bond donors (Lipinski definition) is 3. The fourth-order valence-corrected chi connectivity index (χ4v) is 0.722. The van der Waals surface area contributed by atoms with E-state index in [0.717, 1.165) is 6.61 Å². The number of aliphatic hydroxyl groups is 3. The molecule has 0 unspecified atom stereocenters. The third kappa shape index (κ3) is 1.01. The van der Waals surface area contributed by atoms with E-state index in [1.165, 1.54) is 0 Å². The number of rotatable bonds is 1. The SMILES string of the molecule is OC[C@H]1O[CH][C@H](O)[C@]1(O)F. The molecule has 1 saturated heterocycles. The maximum absolute atomic E-state index is 12.7. The summed E-state index contributed by atoms with van der Waals surface area (Å²) in [6.45, 7) is 0.0848. The molecule has 1 heterocycles. The van der Waals surface area contributed by atoms with Crippen molar-refractivity contribution in [2.45, 2.75) is 18.1 Å². The highest BCUT2D eigenvalue weighted by Gasteiger charge is 2.50. The summed E-state index contributed by atoms with van der Waals surface area (Å²) in [6.07, 6.45) is -3.05. The van der Waals surface area contributed by atoms with E-state index in [-0.39, 0.29) is 0 Å². The van der Waals surface area contributed by atoms with Crippen molar-refractivity contribution in [2.24, 2.45) is 0 Å². The van der Waals surface area contributed by atoms with Crippen molar-refractivity contribution in [2.75, 3.05) is 6.61 Å². The second kappa shape index (κ2) is 2.43. The van der Waals surface area contributed by atoms with Gasteiger partial charge in [0, 0.05) is 0 Å². The van der Waals surface area contributed by atoms with Gasteiger partial charge in [0.05, 0.1) is 6.61 Å². The average molecular weight is 151 g/mol. The molecule has 10 heavy (non-hydrogen) atoms. The predicted octanol–water partition coefficient (Wildman–Crippen LogP) is -1.44. The number of hydrogen-bond acceptors (Lipinski definition) is 4. The molecule has 3 atom stereocenters. The van der Waals surface area contributed by atoms with Crippen LogP contribution < -0.4 is 0 Å². The topological polar surface area (TPSA) is 69.9 Å². The van der Waals surface area contributed by atoms with Gasteiger partial charge in [-0.2, -0.15) is 0 Å². The van der Waals surface area contributed by atoms with Crippen LogP contribution in [0.1, 0.15) is 0 Å². The van der Waals surface area contributed by atoms with E-state index in [4.69, 9.17) is 15.3 Å². The van der Waals surface area contributed by atoms with Crippen LogP contribution in [0.25, 0.3) is 0 Å². The first kappa shape index (κ1) is 7.87. The molecular formula is C5H8FO4. The Labute approximate surface area is 56.9 Å². The number of halogens is 1. The summed E-state index contributed by atoms with van der Waals surface area (Å²) in [4.78, 5) is 0. The molecule has 4 nitrogen and oxygen atoms in total. The minimum Gasteiger partial charge on any atom is -0.393 e. The highest BCUT2D eigenvalue weighted by Crippen LogP contribution is 2.29. The molecule has 1 fully saturated rings. The van der Waals surface area contributed by atoms with E-state index in [2.05, 4.69) is 4.74 Å². The molecule has 1 radical (unpaired) electrons. The molecule has 0 bridgehead atoms. The minimum absolute atomic E-state index is 0.666. The molecule has 0 aromatic rings. The number of alkyl halides is 1. The zero-order valence-corrected chi connectivity index (χ0v) is 5.07. The van der Waals surface area contributed by atoms with Gasteiger partial charge in [-0.3, -0.25) is 0 Å². The standard InChI is InChI=1S/C5H8FO4/c6-5(9)3(8)2-10-4(5)1-7/h2-4,7-9H,1H2/t3-,4+,5+/m0/s1. The van der Waals surface area contributed by atoms with Crippen LogP contribution in [0.2, 0.25) is 0 Å². The third-order valence-corrected chi connectivity index (χ3v) is 1.40. The van der Waals surface area contributed by atoms with Crippen LogP contribution in [0, 0.1) is 6.61 Å². The van der Waals surface area contributed by atoms with Crippen molar-refractivity contribution in [3.63, 3.8) is 0 Å². The van der Waals surface area contributed by atoms with Crippen LogP contribution in [0.3, 0.4) is 0 Å². The quantitative estimate of drug-likeness (QED) is 0.429. The molecule has 0 aromatic heterocycles. The molecule has 0 saturated carbocycles. The largest absolute Gasteiger partial charge is 0.393 e. The van der Waals surface area contributed by atoms with Gasteiger partial charge in [-0.15, -0.1) is 0 Å². The van der Waals surface area contributed by atoms with Crippen molar-refractivity contribution in [1.82, 2.24) is 0 Å². The van der Waals surface area contributed by atoms with Crippen LogP contribution in [0.5, 0.6) is 0 Å². The second-order valence-electron chi connectivity index (χ2n) is 2.12. The van der Waals surface area contributed by atoms with Crippen molar-refractivity contribution in [3.8, 4) is 0 Å². The Morgan fingerprint density at radius 3 is 2.50 bits per heavy atom. The predicted molar refractivity (Wildman–Crippen MR) is 28.3 cm³/mol. The summed E-state index contributed by atoms with van der Waals surface area (Å²) in [5.74, 6) is -2.85. The Hall–Kier alpha value is -0.230.